The van der Waals surface area contributed by atoms with E-state index < -0.39 is 5.41 Å². The number of benzene rings is 3. The van der Waals surface area contributed by atoms with Crippen LogP contribution in [0.3, 0.4) is 0 Å². The van der Waals surface area contributed by atoms with Crippen LogP contribution in [0.4, 0.5) is 4.39 Å². The smallest absolute Gasteiger partial charge is 0.233 e. The summed E-state index contributed by atoms with van der Waals surface area (Å²) < 4.78 is 18.9. The highest BCUT2D eigenvalue weighted by Crippen LogP contribution is 2.56. The third-order valence-corrected chi connectivity index (χ3v) is 8.68. The molecule has 1 heterocycles. The van der Waals surface area contributed by atoms with Gasteiger partial charge in [-0.2, -0.15) is 0 Å². The Morgan fingerprint density at radius 2 is 1.68 bits per heavy atom. The van der Waals surface area contributed by atoms with E-state index in [1.807, 2.05) is 49.5 Å². The molecule has 1 aliphatic heterocycles. The molecule has 0 aromatic heterocycles. The summed E-state index contributed by atoms with van der Waals surface area (Å²) >= 11 is 0. The zero-order chi connectivity index (χ0) is 28.3. The number of hydrogen-bond acceptors (Lipinski definition) is 4. The minimum Gasteiger partial charge on any atom is -0.497 e. The molecule has 1 N–H and O–H groups in total. The van der Waals surface area contributed by atoms with Crippen LogP contribution < -0.4 is 10.1 Å². The van der Waals surface area contributed by atoms with Crippen molar-refractivity contribution in [1.29, 1.82) is 0 Å². The molecule has 2 amide bonds. The number of piperidine rings is 1. The van der Waals surface area contributed by atoms with E-state index in [0.29, 0.717) is 6.54 Å². The summed E-state index contributed by atoms with van der Waals surface area (Å²) in [5.41, 5.74) is 2.00. The van der Waals surface area contributed by atoms with Crippen molar-refractivity contribution in [3.05, 3.63) is 101 Å². The molecule has 0 bridgehead atoms. The lowest BCUT2D eigenvalue weighted by molar-refractivity contribution is -0.133. The van der Waals surface area contributed by atoms with Crippen LogP contribution in [0, 0.1) is 11.7 Å². The number of nitrogens with zero attached hydrogens (tertiary/aromatic N) is 2. The molecule has 0 radical (unpaired) electrons. The maximum absolute atomic E-state index is 14.1. The zero-order valence-corrected chi connectivity index (χ0v) is 23.5. The lowest BCUT2D eigenvalue weighted by atomic mass is 9.80. The second-order valence-corrected chi connectivity index (χ2v) is 11.3. The van der Waals surface area contributed by atoms with E-state index in [2.05, 4.69) is 22.3 Å². The standard InChI is InChI=1S/C33H38FN3O3/c1-24(38)35-32(26-8-5-4-6-9-26)16-18-37(19-17-32)23-28-21-33(28,27-10-7-11-30(20-27)40-3)31(39)36(2)22-25-12-14-29(34)15-13-25/h4-15,20,28H,16-19,21-23H2,1-3H3,(H,35,38). The Labute approximate surface area is 236 Å². The number of hydrogen-bond donors (Lipinski definition) is 1. The van der Waals surface area contributed by atoms with Gasteiger partial charge in [0.2, 0.25) is 11.8 Å². The Hall–Kier alpha value is -3.71. The molecule has 5 rings (SSSR count). The fourth-order valence-corrected chi connectivity index (χ4v) is 6.47. The van der Waals surface area contributed by atoms with Crippen molar-refractivity contribution < 1.29 is 18.7 Å². The number of amides is 2. The van der Waals surface area contributed by atoms with Gasteiger partial charge >= 0.3 is 0 Å². The molecule has 1 saturated heterocycles. The van der Waals surface area contributed by atoms with Crippen molar-refractivity contribution in [2.24, 2.45) is 5.92 Å². The maximum atomic E-state index is 14.1. The van der Waals surface area contributed by atoms with Crippen molar-refractivity contribution in [1.82, 2.24) is 15.1 Å². The first-order chi connectivity index (χ1) is 19.3. The molecule has 210 valence electrons. The minimum atomic E-state index is -0.630. The second-order valence-electron chi connectivity index (χ2n) is 11.3. The first kappa shape index (κ1) is 27.8. The second kappa shape index (κ2) is 11.4. The normalized spacial score (nSPS) is 21.9. The minimum absolute atomic E-state index is 0.0219. The van der Waals surface area contributed by atoms with Gasteiger partial charge in [-0.1, -0.05) is 54.6 Å². The van der Waals surface area contributed by atoms with Crippen molar-refractivity contribution in [2.75, 3.05) is 33.8 Å². The Morgan fingerprint density at radius 1 is 1.00 bits per heavy atom. The molecule has 2 aliphatic rings. The number of carbonyl (C=O) groups is 2. The van der Waals surface area contributed by atoms with Gasteiger partial charge in [0.15, 0.2) is 0 Å². The lowest BCUT2D eigenvalue weighted by Gasteiger charge is -2.43. The number of ether oxygens (including phenoxy) is 1. The van der Waals surface area contributed by atoms with Gasteiger partial charge in [0.25, 0.3) is 0 Å². The highest BCUT2D eigenvalue weighted by molar-refractivity contribution is 5.92. The first-order valence-electron chi connectivity index (χ1n) is 14.0. The van der Waals surface area contributed by atoms with Crippen molar-refractivity contribution in [3.63, 3.8) is 0 Å². The van der Waals surface area contributed by atoms with Crippen LogP contribution in [0.2, 0.25) is 0 Å². The van der Waals surface area contributed by atoms with Crippen LogP contribution in [0.5, 0.6) is 5.75 Å². The van der Waals surface area contributed by atoms with Gasteiger partial charge in [-0.25, -0.2) is 4.39 Å². The number of likely N-dealkylation sites (N-methyl/N-ethyl adjacent to an activating group) is 1. The number of halogens is 1. The molecule has 7 heteroatoms. The summed E-state index contributed by atoms with van der Waals surface area (Å²) in [5.74, 6) is 0.657. The van der Waals surface area contributed by atoms with Crippen LogP contribution in [0.15, 0.2) is 78.9 Å². The van der Waals surface area contributed by atoms with Crippen molar-refractivity contribution in [3.8, 4) is 5.75 Å². The Kier molecular flexibility index (Phi) is 7.95. The van der Waals surface area contributed by atoms with Crippen molar-refractivity contribution in [2.45, 2.75) is 43.7 Å². The van der Waals surface area contributed by atoms with Gasteiger partial charge in [-0.15, -0.1) is 0 Å². The monoisotopic (exact) mass is 543 g/mol. The number of rotatable bonds is 9. The van der Waals surface area contributed by atoms with Crippen LogP contribution >= 0.6 is 0 Å². The first-order valence-corrected chi connectivity index (χ1v) is 14.0. The fourth-order valence-electron chi connectivity index (χ4n) is 6.47. The van der Waals surface area contributed by atoms with Gasteiger partial charge in [0.1, 0.15) is 11.6 Å². The molecule has 2 unspecified atom stereocenters. The number of methoxy groups -OCH3 is 1. The summed E-state index contributed by atoms with van der Waals surface area (Å²) in [7, 11) is 3.46. The Bertz CT molecular complexity index is 1340. The van der Waals surface area contributed by atoms with Crippen LogP contribution in [-0.4, -0.2) is 55.4 Å². The van der Waals surface area contributed by atoms with Gasteiger partial charge in [0.05, 0.1) is 18.1 Å². The molecule has 2 fully saturated rings. The third kappa shape index (κ3) is 5.61. The van der Waals surface area contributed by atoms with E-state index in [9.17, 15) is 14.0 Å². The Morgan fingerprint density at radius 3 is 2.33 bits per heavy atom. The predicted octanol–water partition coefficient (Wildman–Crippen LogP) is 4.88. The summed E-state index contributed by atoms with van der Waals surface area (Å²) in [6.45, 7) is 4.46. The molecule has 3 aromatic rings. The SMILES string of the molecule is COc1cccc(C2(C(=O)N(C)Cc3ccc(F)cc3)CC2CN2CCC(NC(C)=O)(c3ccccc3)CC2)c1. The van der Waals surface area contributed by atoms with Crippen LogP contribution in [0.25, 0.3) is 0 Å². The average Bonchev–Trinajstić information content (AvgIpc) is 3.69. The number of nitrogens with one attached hydrogen (secondary N) is 1. The summed E-state index contributed by atoms with van der Waals surface area (Å²) in [5, 5.41) is 3.25. The van der Waals surface area contributed by atoms with E-state index in [-0.39, 0.29) is 29.1 Å². The molecular formula is C33H38FN3O3. The molecule has 6 nitrogen and oxygen atoms in total. The topological polar surface area (TPSA) is 61.9 Å². The van der Waals surface area contributed by atoms with E-state index in [4.69, 9.17) is 4.74 Å². The molecule has 0 spiro atoms. The third-order valence-electron chi connectivity index (χ3n) is 8.68. The quantitative estimate of drug-likeness (QED) is 0.418. The van der Waals surface area contributed by atoms with E-state index >= 15 is 0 Å². The molecule has 2 atom stereocenters. The van der Waals surface area contributed by atoms with E-state index in [1.165, 1.54) is 12.1 Å². The average molecular weight is 544 g/mol. The largest absolute Gasteiger partial charge is 0.497 e. The van der Waals surface area contributed by atoms with E-state index in [1.54, 1.807) is 31.1 Å². The summed E-state index contributed by atoms with van der Waals surface area (Å²) in [6.07, 6.45) is 2.39. The van der Waals surface area contributed by atoms with Crippen LogP contribution in [-0.2, 0) is 27.1 Å². The highest BCUT2D eigenvalue weighted by atomic mass is 19.1. The number of likely N-dealkylation sites (tertiary alicyclic amines) is 1. The number of carbonyl (C=O) groups excluding carboxylic acids is 2. The molecule has 1 aliphatic carbocycles. The molecule has 40 heavy (non-hydrogen) atoms. The zero-order valence-electron chi connectivity index (χ0n) is 23.5. The Balaban J connectivity index is 1.33. The van der Waals surface area contributed by atoms with Crippen LogP contribution in [0.1, 0.15) is 42.9 Å². The van der Waals surface area contributed by atoms with Crippen molar-refractivity contribution >= 4 is 11.8 Å². The lowest BCUT2D eigenvalue weighted by Crippen LogP contribution is -2.53. The maximum Gasteiger partial charge on any atom is 0.233 e. The molecule has 1 saturated carbocycles. The molecular weight excluding hydrogens is 505 g/mol. The van der Waals surface area contributed by atoms with Gasteiger partial charge in [-0.05, 0) is 66.1 Å². The predicted molar refractivity (Wildman–Crippen MR) is 153 cm³/mol. The fraction of sp³-hybridized carbons (Fsp3) is 0.394. The van der Waals surface area contributed by atoms with Gasteiger partial charge < -0.3 is 19.9 Å². The van der Waals surface area contributed by atoms with Gasteiger partial charge in [-0.3, -0.25) is 9.59 Å². The van der Waals surface area contributed by atoms with Gasteiger partial charge in [0, 0.05) is 40.2 Å². The molecule has 3 aromatic carbocycles. The summed E-state index contributed by atoms with van der Waals surface area (Å²) in [6, 6.07) is 24.4. The highest BCUT2D eigenvalue weighted by Gasteiger charge is 2.62. The summed E-state index contributed by atoms with van der Waals surface area (Å²) in [4.78, 5) is 30.4. The van der Waals surface area contributed by atoms with E-state index in [0.717, 1.165) is 61.3 Å².